The van der Waals surface area contributed by atoms with E-state index in [0.29, 0.717) is 0 Å². The van der Waals surface area contributed by atoms with Crippen LogP contribution in [0.15, 0.2) is 12.4 Å². The molecule has 0 bridgehead atoms. The van der Waals surface area contributed by atoms with E-state index in [4.69, 9.17) is 0 Å². The highest BCUT2D eigenvalue weighted by molar-refractivity contribution is 4.84. The number of hydrogen-bond donors (Lipinski definition) is 0. The molecule has 2 heteroatoms. The summed E-state index contributed by atoms with van der Waals surface area (Å²) in [6.07, 6.45) is 46.0. The first kappa shape index (κ1) is 36.2. The van der Waals surface area contributed by atoms with Gasteiger partial charge in [0.1, 0.15) is 12.4 Å². The Morgan fingerprint density at radius 2 is 0.795 bits per heavy atom. The number of hydrogen-bond acceptors (Lipinski definition) is 0. The van der Waals surface area contributed by atoms with Crippen molar-refractivity contribution in [2.24, 2.45) is 0 Å². The third-order valence-corrected chi connectivity index (χ3v) is 8.85. The maximum atomic E-state index is 2.60. The highest BCUT2D eigenvalue weighted by Crippen LogP contribution is 2.15. The van der Waals surface area contributed by atoms with E-state index in [9.17, 15) is 0 Å². The van der Waals surface area contributed by atoms with Crippen LogP contribution in [0.1, 0.15) is 206 Å². The SMILES string of the molecule is CCCCCCCCCCCCCCCCCc1n(CCCC)cc[n+]1CCCCCCCCCCCCC. The zero-order chi connectivity index (χ0) is 28.1. The van der Waals surface area contributed by atoms with E-state index in [0.717, 1.165) is 0 Å². The van der Waals surface area contributed by atoms with Crippen LogP contribution in [-0.4, -0.2) is 4.57 Å². The van der Waals surface area contributed by atoms with Gasteiger partial charge in [0.05, 0.1) is 13.1 Å². The van der Waals surface area contributed by atoms with E-state index in [2.05, 4.69) is 42.3 Å². The minimum atomic E-state index is 1.20. The van der Waals surface area contributed by atoms with Gasteiger partial charge >= 0.3 is 0 Å². The predicted octanol–water partition coefficient (Wildman–Crippen LogP) is 12.3. The second kappa shape index (κ2) is 28.7. The van der Waals surface area contributed by atoms with Crippen LogP contribution in [0, 0.1) is 0 Å². The van der Waals surface area contributed by atoms with Crippen molar-refractivity contribution in [3.05, 3.63) is 18.2 Å². The lowest BCUT2D eigenvalue weighted by atomic mass is 10.0. The molecule has 0 N–H and O–H groups in total. The van der Waals surface area contributed by atoms with Crippen molar-refractivity contribution in [3.8, 4) is 0 Å². The molecule has 0 aliphatic carbocycles. The Labute approximate surface area is 247 Å². The van der Waals surface area contributed by atoms with E-state index in [1.807, 2.05) is 0 Å². The summed E-state index contributed by atoms with van der Waals surface area (Å²) < 4.78 is 5.18. The Kier molecular flexibility index (Phi) is 26.7. The second-order valence-corrected chi connectivity index (χ2v) is 12.7. The number of imidazole rings is 1. The van der Waals surface area contributed by atoms with Crippen LogP contribution >= 0.6 is 0 Å². The predicted molar refractivity (Wildman–Crippen MR) is 175 cm³/mol. The van der Waals surface area contributed by atoms with Crippen molar-refractivity contribution < 1.29 is 4.57 Å². The zero-order valence-electron chi connectivity index (χ0n) is 27.5. The Balaban J connectivity index is 2.11. The summed E-state index contributed by atoms with van der Waals surface area (Å²) in [6, 6.07) is 0. The van der Waals surface area contributed by atoms with Crippen LogP contribution in [0.25, 0.3) is 0 Å². The standard InChI is InChI=1S/C37H73N2/c1-4-7-10-12-14-16-18-19-20-21-22-24-26-28-30-32-37-38(33-9-6-3)35-36-39(37)34-31-29-27-25-23-17-15-13-11-8-5-2/h35-36H,4-34H2,1-3H3/q+1. The van der Waals surface area contributed by atoms with Crippen molar-refractivity contribution >= 4 is 0 Å². The third kappa shape index (κ3) is 21.6. The van der Waals surface area contributed by atoms with Crippen LogP contribution in [-0.2, 0) is 19.5 Å². The van der Waals surface area contributed by atoms with E-state index >= 15 is 0 Å². The molecule has 2 nitrogen and oxygen atoms in total. The molecule has 39 heavy (non-hydrogen) atoms. The lowest BCUT2D eigenvalue weighted by molar-refractivity contribution is -0.704. The molecule has 0 unspecified atom stereocenters. The lowest BCUT2D eigenvalue weighted by Crippen LogP contribution is -2.37. The minimum absolute atomic E-state index is 1.20. The van der Waals surface area contributed by atoms with Crippen molar-refractivity contribution in [3.63, 3.8) is 0 Å². The molecule has 0 aromatic carbocycles. The summed E-state index contributed by atoms with van der Waals surface area (Å²) in [7, 11) is 0. The normalized spacial score (nSPS) is 11.6. The Bertz CT molecular complexity index is 605. The van der Waals surface area contributed by atoms with Gasteiger partial charge in [0, 0.05) is 6.42 Å². The van der Waals surface area contributed by atoms with Gasteiger partial charge in [-0.3, -0.25) is 0 Å². The number of aryl methyl sites for hydroxylation is 2. The van der Waals surface area contributed by atoms with Crippen LogP contribution in [0.2, 0.25) is 0 Å². The second-order valence-electron chi connectivity index (χ2n) is 12.7. The van der Waals surface area contributed by atoms with Crippen molar-refractivity contribution in [2.75, 3.05) is 0 Å². The maximum absolute atomic E-state index is 2.60. The molecule has 0 aliphatic rings. The fourth-order valence-electron chi connectivity index (χ4n) is 6.12. The smallest absolute Gasteiger partial charge is 0.234 e. The quantitative estimate of drug-likeness (QED) is 0.0648. The van der Waals surface area contributed by atoms with E-state index in [1.54, 1.807) is 5.82 Å². The van der Waals surface area contributed by atoms with Gasteiger partial charge in [-0.1, -0.05) is 175 Å². The van der Waals surface area contributed by atoms with Crippen molar-refractivity contribution in [1.29, 1.82) is 0 Å². The van der Waals surface area contributed by atoms with E-state index in [1.165, 1.54) is 199 Å². The van der Waals surface area contributed by atoms with E-state index in [-0.39, 0.29) is 0 Å². The number of rotatable bonds is 31. The summed E-state index contributed by atoms with van der Waals surface area (Å²) in [6.45, 7) is 9.36. The molecule has 0 saturated heterocycles. The van der Waals surface area contributed by atoms with Gasteiger partial charge in [0.2, 0.25) is 0 Å². The summed E-state index contributed by atoms with van der Waals surface area (Å²) in [5.41, 5.74) is 0. The molecule has 0 amide bonds. The first-order valence-electron chi connectivity index (χ1n) is 18.4. The lowest BCUT2D eigenvalue weighted by Gasteiger charge is -2.07. The molecule has 0 aliphatic heterocycles. The summed E-state index contributed by atoms with van der Waals surface area (Å²) in [5, 5.41) is 0. The average Bonchev–Trinajstić information content (AvgIpc) is 3.33. The zero-order valence-corrected chi connectivity index (χ0v) is 27.5. The Hall–Kier alpha value is -0.790. The van der Waals surface area contributed by atoms with E-state index < -0.39 is 0 Å². The topological polar surface area (TPSA) is 8.81 Å². The molecule has 1 aromatic heterocycles. The molecule has 1 rings (SSSR count). The highest BCUT2D eigenvalue weighted by atomic mass is 15.1. The molecule has 0 radical (unpaired) electrons. The molecular weight excluding hydrogens is 472 g/mol. The van der Waals surface area contributed by atoms with Gasteiger partial charge in [0.15, 0.2) is 0 Å². The summed E-state index contributed by atoms with van der Waals surface area (Å²) in [4.78, 5) is 0. The Morgan fingerprint density at radius 3 is 1.21 bits per heavy atom. The van der Waals surface area contributed by atoms with Crippen LogP contribution in [0.4, 0.5) is 0 Å². The van der Waals surface area contributed by atoms with Crippen LogP contribution < -0.4 is 4.57 Å². The van der Waals surface area contributed by atoms with Gasteiger partial charge in [-0.15, -0.1) is 0 Å². The summed E-state index contributed by atoms with van der Waals surface area (Å²) in [5.74, 6) is 1.60. The molecule has 0 fully saturated rings. The highest BCUT2D eigenvalue weighted by Gasteiger charge is 2.16. The molecule has 1 aromatic rings. The van der Waals surface area contributed by atoms with Crippen molar-refractivity contribution in [1.82, 2.24) is 4.57 Å². The largest absolute Gasteiger partial charge is 0.256 e. The van der Waals surface area contributed by atoms with Gasteiger partial charge in [0.25, 0.3) is 5.82 Å². The molecule has 230 valence electrons. The van der Waals surface area contributed by atoms with Crippen molar-refractivity contribution in [2.45, 2.75) is 220 Å². The third-order valence-electron chi connectivity index (χ3n) is 8.85. The first-order valence-corrected chi connectivity index (χ1v) is 18.4. The Morgan fingerprint density at radius 1 is 0.436 bits per heavy atom. The van der Waals surface area contributed by atoms with Crippen LogP contribution in [0.3, 0.4) is 0 Å². The molecule has 0 saturated carbocycles. The monoisotopic (exact) mass is 546 g/mol. The molecule has 0 spiro atoms. The fraction of sp³-hybridized carbons (Fsp3) is 0.919. The average molecular weight is 546 g/mol. The minimum Gasteiger partial charge on any atom is -0.234 e. The molecule has 1 heterocycles. The molecule has 0 atom stereocenters. The maximum Gasteiger partial charge on any atom is 0.256 e. The van der Waals surface area contributed by atoms with Gasteiger partial charge in [-0.25, -0.2) is 9.13 Å². The first-order chi connectivity index (χ1) is 19.3. The number of unbranched alkanes of at least 4 members (excludes halogenated alkanes) is 25. The number of nitrogens with zero attached hydrogens (tertiary/aromatic N) is 2. The van der Waals surface area contributed by atoms with Gasteiger partial charge in [-0.2, -0.15) is 0 Å². The van der Waals surface area contributed by atoms with Crippen LogP contribution in [0.5, 0.6) is 0 Å². The molecular formula is C37H73N2+. The fourth-order valence-corrected chi connectivity index (χ4v) is 6.12. The number of aromatic nitrogens is 2. The van der Waals surface area contributed by atoms with Gasteiger partial charge < -0.3 is 0 Å². The van der Waals surface area contributed by atoms with Gasteiger partial charge in [-0.05, 0) is 25.7 Å². The summed E-state index contributed by atoms with van der Waals surface area (Å²) >= 11 is 0.